The fourth-order valence-electron chi connectivity index (χ4n) is 3.09. The lowest BCUT2D eigenvalue weighted by Crippen LogP contribution is -2.27. The lowest BCUT2D eigenvalue weighted by molar-refractivity contribution is -0.129. The molecular formula is C18H15BrCl2N2O2. The summed E-state index contributed by atoms with van der Waals surface area (Å²) >= 11 is 15.8. The number of nitrogens with zero attached hydrogens (tertiary/aromatic N) is 2. The lowest BCUT2D eigenvalue weighted by atomic mass is 9.88. The number of carbonyl (C=O) groups is 1. The highest BCUT2D eigenvalue weighted by molar-refractivity contribution is 9.10. The number of benzene rings is 2. The van der Waals surface area contributed by atoms with Gasteiger partial charge in [-0.3, -0.25) is 5.01 Å². The summed E-state index contributed by atoms with van der Waals surface area (Å²) in [4.78, 5) is 11.7. The van der Waals surface area contributed by atoms with Crippen LogP contribution < -0.4 is 5.01 Å². The van der Waals surface area contributed by atoms with Gasteiger partial charge in [0.2, 0.25) is 0 Å². The Labute approximate surface area is 164 Å². The van der Waals surface area contributed by atoms with Crippen LogP contribution in [0.2, 0.25) is 10.0 Å². The fraction of sp³-hybridized carbons (Fsp3) is 0.222. The maximum Gasteiger partial charge on any atom is 0.352 e. The number of anilines is 1. The van der Waals surface area contributed by atoms with Crippen molar-refractivity contribution in [1.82, 2.24) is 0 Å². The van der Waals surface area contributed by atoms with Crippen LogP contribution in [0, 0.1) is 5.92 Å². The quantitative estimate of drug-likeness (QED) is 0.653. The van der Waals surface area contributed by atoms with E-state index in [0.717, 1.165) is 10.0 Å². The van der Waals surface area contributed by atoms with Crippen LogP contribution in [0.4, 0.5) is 5.69 Å². The van der Waals surface area contributed by atoms with Gasteiger partial charge < -0.3 is 5.11 Å². The summed E-state index contributed by atoms with van der Waals surface area (Å²) in [5.41, 5.74) is 1.75. The summed E-state index contributed by atoms with van der Waals surface area (Å²) in [6, 6.07) is 12.7. The number of aliphatic carboxylic acids is 1. The Morgan fingerprint density at radius 1 is 1.24 bits per heavy atom. The van der Waals surface area contributed by atoms with E-state index in [9.17, 15) is 9.90 Å². The molecule has 4 nitrogen and oxygen atoms in total. The third kappa shape index (κ3) is 3.54. The van der Waals surface area contributed by atoms with Crippen molar-refractivity contribution >= 4 is 56.5 Å². The van der Waals surface area contributed by atoms with Crippen LogP contribution in [-0.4, -0.2) is 16.8 Å². The zero-order chi connectivity index (χ0) is 18.1. The van der Waals surface area contributed by atoms with Crippen LogP contribution in [0.15, 0.2) is 52.0 Å². The molecule has 7 heteroatoms. The van der Waals surface area contributed by atoms with Gasteiger partial charge in [0.25, 0.3) is 0 Å². The third-order valence-corrected chi connectivity index (χ3v) is 5.30. The minimum atomic E-state index is -1.01. The zero-order valence-corrected chi connectivity index (χ0v) is 16.4. The van der Waals surface area contributed by atoms with Crippen LogP contribution in [0.1, 0.15) is 24.9 Å². The predicted octanol–water partition coefficient (Wildman–Crippen LogP) is 5.78. The average molecular weight is 442 g/mol. The Bertz CT molecular complexity index is 839. The Hall–Kier alpha value is -1.56. The predicted molar refractivity (Wildman–Crippen MR) is 105 cm³/mol. The standard InChI is InChI=1S/C18H15BrCl2N2O2/c1-2-13-16(18(24)25)22-23(15-8-7-12(20)9-14(15)21)17(13)10-3-5-11(19)6-4-10/h3-9,13,17H,2H2,1H3,(H,24,25)/t13-,17+/m1/s1. The van der Waals surface area contributed by atoms with Crippen LogP contribution in [0.25, 0.3) is 0 Å². The molecule has 1 N–H and O–H groups in total. The normalized spacial score (nSPS) is 19.8. The summed E-state index contributed by atoms with van der Waals surface area (Å²) < 4.78 is 0.956. The van der Waals surface area contributed by atoms with Crippen molar-refractivity contribution in [3.8, 4) is 0 Å². The van der Waals surface area contributed by atoms with Gasteiger partial charge in [-0.2, -0.15) is 5.10 Å². The highest BCUT2D eigenvalue weighted by Gasteiger charge is 2.41. The van der Waals surface area contributed by atoms with Crippen molar-refractivity contribution in [3.05, 3.63) is 62.5 Å². The van der Waals surface area contributed by atoms with Gasteiger partial charge in [-0.05, 0) is 42.3 Å². The van der Waals surface area contributed by atoms with Gasteiger partial charge in [-0.1, -0.05) is 58.2 Å². The van der Waals surface area contributed by atoms with Gasteiger partial charge >= 0.3 is 5.97 Å². The topological polar surface area (TPSA) is 52.9 Å². The molecule has 25 heavy (non-hydrogen) atoms. The molecule has 1 heterocycles. The number of carboxylic acid groups (broad SMARTS) is 1. The minimum absolute atomic E-state index is 0.140. The average Bonchev–Trinajstić information content (AvgIpc) is 2.95. The van der Waals surface area contributed by atoms with Gasteiger partial charge in [0.15, 0.2) is 5.71 Å². The van der Waals surface area contributed by atoms with E-state index in [0.29, 0.717) is 22.2 Å². The fourth-order valence-corrected chi connectivity index (χ4v) is 3.85. The van der Waals surface area contributed by atoms with Crippen molar-refractivity contribution in [2.45, 2.75) is 19.4 Å². The molecule has 0 saturated carbocycles. The molecule has 130 valence electrons. The zero-order valence-electron chi connectivity index (χ0n) is 13.3. The van der Waals surface area contributed by atoms with Gasteiger partial charge in [0.1, 0.15) is 0 Å². The lowest BCUT2D eigenvalue weighted by Gasteiger charge is -2.28. The number of halogens is 3. The molecule has 0 aromatic heterocycles. The van der Waals surface area contributed by atoms with Crippen molar-refractivity contribution in [2.75, 3.05) is 5.01 Å². The molecule has 3 rings (SSSR count). The second-order valence-corrected chi connectivity index (χ2v) is 7.50. The van der Waals surface area contributed by atoms with E-state index in [1.807, 2.05) is 31.2 Å². The Kier molecular flexibility index (Phi) is 5.37. The largest absolute Gasteiger partial charge is 0.477 e. The molecule has 2 aromatic carbocycles. The first kappa shape index (κ1) is 18.2. The first-order valence-electron chi connectivity index (χ1n) is 7.74. The number of hydrogen-bond donors (Lipinski definition) is 1. The molecule has 1 aliphatic heterocycles. The Morgan fingerprint density at radius 3 is 2.48 bits per heavy atom. The number of rotatable bonds is 4. The molecule has 0 bridgehead atoms. The number of hydrogen-bond acceptors (Lipinski definition) is 3. The Morgan fingerprint density at radius 2 is 1.92 bits per heavy atom. The highest BCUT2D eigenvalue weighted by Crippen LogP contribution is 2.43. The van der Waals surface area contributed by atoms with E-state index in [4.69, 9.17) is 23.2 Å². The summed E-state index contributed by atoms with van der Waals surface area (Å²) in [7, 11) is 0. The maximum absolute atomic E-state index is 11.7. The van der Waals surface area contributed by atoms with E-state index in [1.54, 1.807) is 23.2 Å². The second-order valence-electron chi connectivity index (χ2n) is 5.74. The summed E-state index contributed by atoms with van der Waals surface area (Å²) in [5.74, 6) is -1.26. The molecule has 0 amide bonds. The van der Waals surface area contributed by atoms with Crippen LogP contribution in [0.3, 0.4) is 0 Å². The molecule has 0 spiro atoms. The molecule has 0 fully saturated rings. The molecule has 0 unspecified atom stereocenters. The maximum atomic E-state index is 11.7. The summed E-state index contributed by atoms with van der Waals surface area (Å²) in [6.45, 7) is 1.96. The van der Waals surface area contributed by atoms with E-state index in [2.05, 4.69) is 21.0 Å². The molecular weight excluding hydrogens is 427 g/mol. The number of hydrazone groups is 1. The van der Waals surface area contributed by atoms with Gasteiger partial charge in [0.05, 0.1) is 16.8 Å². The molecule has 0 saturated heterocycles. The van der Waals surface area contributed by atoms with Crippen LogP contribution >= 0.6 is 39.1 Å². The van der Waals surface area contributed by atoms with Gasteiger partial charge in [-0.25, -0.2) is 4.79 Å². The van der Waals surface area contributed by atoms with Crippen molar-refractivity contribution < 1.29 is 9.90 Å². The summed E-state index contributed by atoms with van der Waals surface area (Å²) in [5, 5.41) is 16.6. The first-order valence-corrected chi connectivity index (χ1v) is 9.28. The van der Waals surface area contributed by atoms with Crippen molar-refractivity contribution in [3.63, 3.8) is 0 Å². The third-order valence-electron chi connectivity index (χ3n) is 4.24. The second kappa shape index (κ2) is 7.36. The Balaban J connectivity index is 2.13. The molecule has 1 aliphatic rings. The van der Waals surface area contributed by atoms with E-state index < -0.39 is 5.97 Å². The van der Waals surface area contributed by atoms with Gasteiger partial charge in [0, 0.05) is 15.4 Å². The molecule has 2 atom stereocenters. The van der Waals surface area contributed by atoms with Gasteiger partial charge in [-0.15, -0.1) is 0 Å². The highest BCUT2D eigenvalue weighted by atomic mass is 79.9. The minimum Gasteiger partial charge on any atom is -0.477 e. The molecule has 0 aliphatic carbocycles. The first-order chi connectivity index (χ1) is 11.9. The van der Waals surface area contributed by atoms with E-state index in [-0.39, 0.29) is 17.7 Å². The molecule has 2 aromatic rings. The van der Waals surface area contributed by atoms with Crippen LogP contribution in [-0.2, 0) is 4.79 Å². The monoisotopic (exact) mass is 440 g/mol. The van der Waals surface area contributed by atoms with E-state index >= 15 is 0 Å². The summed E-state index contributed by atoms with van der Waals surface area (Å²) in [6.07, 6.45) is 0.646. The molecule has 0 radical (unpaired) electrons. The SMILES string of the molecule is CC[C@@H]1C(C(=O)O)=NN(c2ccc(Cl)cc2Cl)[C@H]1c1ccc(Br)cc1. The van der Waals surface area contributed by atoms with Crippen molar-refractivity contribution in [1.29, 1.82) is 0 Å². The van der Waals surface area contributed by atoms with Crippen molar-refractivity contribution in [2.24, 2.45) is 11.0 Å². The van der Waals surface area contributed by atoms with E-state index in [1.165, 1.54) is 0 Å². The smallest absolute Gasteiger partial charge is 0.352 e. The number of carboxylic acids is 1. The van der Waals surface area contributed by atoms with Crippen LogP contribution in [0.5, 0.6) is 0 Å².